The summed E-state index contributed by atoms with van der Waals surface area (Å²) in [6, 6.07) is 2.16. The fourth-order valence-corrected chi connectivity index (χ4v) is 2.83. The molecule has 0 N–H and O–H groups in total. The van der Waals surface area contributed by atoms with Gasteiger partial charge in [0.05, 0.1) is 13.2 Å². The summed E-state index contributed by atoms with van der Waals surface area (Å²) >= 11 is 9.32. The fraction of sp³-hybridized carbons (Fsp3) is 0.600. The lowest BCUT2D eigenvalue weighted by Crippen LogP contribution is -2.22. The molecule has 2 nitrogen and oxygen atoms in total. The van der Waals surface area contributed by atoms with Gasteiger partial charge in [-0.25, -0.2) is 0 Å². The number of hydrogen-bond donors (Lipinski definition) is 1. The highest BCUT2D eigenvalue weighted by molar-refractivity contribution is 9.10. The Labute approximate surface area is 109 Å². The quantitative estimate of drug-likeness (QED) is 0.614. The third-order valence-electron chi connectivity index (χ3n) is 1.90. The monoisotopic (exact) mass is 309 g/mol. The van der Waals surface area contributed by atoms with Crippen LogP contribution in [0.4, 0.5) is 0 Å². The second kappa shape index (κ2) is 7.68. The van der Waals surface area contributed by atoms with Crippen LogP contribution in [0.2, 0.25) is 0 Å². The van der Waals surface area contributed by atoms with Crippen LogP contribution in [0.1, 0.15) is 4.88 Å². The maximum Gasteiger partial charge on any atom is 0.0593 e. The molecule has 1 aromatic rings. The third-order valence-corrected chi connectivity index (χ3v) is 3.77. The Kier molecular flexibility index (Phi) is 6.92. The molecule has 0 spiro atoms. The number of thiol groups is 1. The molecule has 0 amide bonds. The summed E-state index contributed by atoms with van der Waals surface area (Å²) in [6.45, 7) is 3.47. The highest BCUT2D eigenvalue weighted by atomic mass is 79.9. The lowest BCUT2D eigenvalue weighted by Gasteiger charge is -2.15. The Hall–Kier alpha value is 0.450. The minimum atomic E-state index is 0.738. The second-order valence-electron chi connectivity index (χ2n) is 3.30. The first kappa shape index (κ1) is 13.5. The van der Waals surface area contributed by atoms with E-state index in [2.05, 4.69) is 52.0 Å². The van der Waals surface area contributed by atoms with Crippen molar-refractivity contribution in [1.82, 2.24) is 4.90 Å². The summed E-state index contributed by atoms with van der Waals surface area (Å²) in [7, 11) is 2.11. The maximum atomic E-state index is 5.37. The number of hydrogen-bond acceptors (Lipinski definition) is 4. The Bertz CT molecular complexity index is 280. The minimum absolute atomic E-state index is 0.738. The van der Waals surface area contributed by atoms with Crippen LogP contribution in [-0.4, -0.2) is 37.5 Å². The zero-order valence-electron chi connectivity index (χ0n) is 8.78. The van der Waals surface area contributed by atoms with Crippen LogP contribution in [-0.2, 0) is 11.3 Å². The number of nitrogens with zero attached hydrogens (tertiary/aromatic N) is 1. The van der Waals surface area contributed by atoms with Gasteiger partial charge >= 0.3 is 0 Å². The molecular weight excluding hydrogens is 294 g/mol. The lowest BCUT2D eigenvalue weighted by molar-refractivity contribution is 0.123. The minimum Gasteiger partial charge on any atom is -0.379 e. The van der Waals surface area contributed by atoms with Crippen molar-refractivity contribution >= 4 is 39.9 Å². The first-order valence-electron chi connectivity index (χ1n) is 4.82. The smallest absolute Gasteiger partial charge is 0.0593 e. The van der Waals surface area contributed by atoms with Crippen molar-refractivity contribution < 1.29 is 4.74 Å². The van der Waals surface area contributed by atoms with E-state index < -0.39 is 0 Å². The predicted octanol–water partition coefficient (Wildman–Crippen LogP) is 2.89. The van der Waals surface area contributed by atoms with Crippen LogP contribution in [0.15, 0.2) is 15.9 Å². The normalized spacial score (nSPS) is 11.2. The van der Waals surface area contributed by atoms with Crippen molar-refractivity contribution in [2.24, 2.45) is 0 Å². The Morgan fingerprint density at radius 2 is 2.33 bits per heavy atom. The largest absolute Gasteiger partial charge is 0.379 e. The van der Waals surface area contributed by atoms with Crippen molar-refractivity contribution in [2.45, 2.75) is 6.54 Å². The van der Waals surface area contributed by atoms with E-state index in [0.29, 0.717) is 0 Å². The van der Waals surface area contributed by atoms with E-state index in [1.54, 1.807) is 11.3 Å². The Balaban J connectivity index is 2.15. The van der Waals surface area contributed by atoms with Crippen molar-refractivity contribution in [3.05, 3.63) is 20.8 Å². The molecule has 86 valence electrons. The molecule has 0 saturated carbocycles. The van der Waals surface area contributed by atoms with Crippen LogP contribution in [0.25, 0.3) is 0 Å². The van der Waals surface area contributed by atoms with Crippen LogP contribution < -0.4 is 0 Å². The van der Waals surface area contributed by atoms with E-state index >= 15 is 0 Å². The van der Waals surface area contributed by atoms with E-state index in [9.17, 15) is 0 Å². The summed E-state index contributed by atoms with van der Waals surface area (Å²) in [6.07, 6.45) is 0. The molecule has 1 heterocycles. The van der Waals surface area contributed by atoms with E-state index in [4.69, 9.17) is 4.74 Å². The summed E-state index contributed by atoms with van der Waals surface area (Å²) in [4.78, 5) is 3.63. The Morgan fingerprint density at radius 3 is 2.93 bits per heavy atom. The van der Waals surface area contributed by atoms with Gasteiger partial charge in [0.15, 0.2) is 0 Å². The lowest BCUT2D eigenvalue weighted by atomic mass is 10.4. The number of rotatable bonds is 7. The molecule has 0 aliphatic heterocycles. The highest BCUT2D eigenvalue weighted by Gasteiger charge is 2.02. The first-order valence-corrected chi connectivity index (χ1v) is 7.13. The van der Waals surface area contributed by atoms with Crippen LogP contribution >= 0.6 is 39.9 Å². The average molecular weight is 310 g/mol. The molecule has 0 aliphatic rings. The molecule has 0 aromatic carbocycles. The van der Waals surface area contributed by atoms with E-state index in [0.717, 1.165) is 32.1 Å². The van der Waals surface area contributed by atoms with Gasteiger partial charge in [0.25, 0.3) is 0 Å². The van der Waals surface area contributed by atoms with E-state index in [1.165, 1.54) is 9.35 Å². The molecule has 1 rings (SSSR count). The number of ether oxygens (including phenoxy) is 1. The zero-order valence-corrected chi connectivity index (χ0v) is 12.1. The van der Waals surface area contributed by atoms with Crippen molar-refractivity contribution in [3.63, 3.8) is 0 Å². The van der Waals surface area contributed by atoms with Gasteiger partial charge in [0.1, 0.15) is 0 Å². The van der Waals surface area contributed by atoms with Gasteiger partial charge in [-0.2, -0.15) is 12.6 Å². The van der Waals surface area contributed by atoms with Gasteiger partial charge < -0.3 is 4.74 Å². The van der Waals surface area contributed by atoms with Crippen LogP contribution in [0, 0.1) is 0 Å². The molecule has 15 heavy (non-hydrogen) atoms. The molecule has 0 atom stereocenters. The summed E-state index contributed by atoms with van der Waals surface area (Å²) in [5.41, 5.74) is 0. The molecule has 0 radical (unpaired) electrons. The molecule has 5 heteroatoms. The molecule has 0 saturated heterocycles. The Morgan fingerprint density at radius 1 is 1.53 bits per heavy atom. The van der Waals surface area contributed by atoms with Gasteiger partial charge in [-0.3, -0.25) is 4.90 Å². The number of likely N-dealkylation sites (N-methyl/N-ethyl adjacent to an activating group) is 1. The predicted molar refractivity (Wildman–Crippen MR) is 73.0 cm³/mol. The first-order chi connectivity index (χ1) is 7.22. The van der Waals surface area contributed by atoms with E-state index in [-0.39, 0.29) is 0 Å². The third kappa shape index (κ3) is 5.92. The van der Waals surface area contributed by atoms with Gasteiger partial charge in [0.2, 0.25) is 0 Å². The topological polar surface area (TPSA) is 12.5 Å². The number of halogens is 1. The molecule has 1 aromatic heterocycles. The molecule has 0 fully saturated rings. The zero-order chi connectivity index (χ0) is 11.1. The van der Waals surface area contributed by atoms with Gasteiger partial charge in [0, 0.05) is 33.6 Å². The van der Waals surface area contributed by atoms with Crippen molar-refractivity contribution in [2.75, 3.05) is 32.6 Å². The van der Waals surface area contributed by atoms with Gasteiger partial charge in [-0.05, 0) is 29.0 Å². The second-order valence-corrected chi connectivity index (χ2v) is 5.66. The fourth-order valence-electron chi connectivity index (χ4n) is 1.17. The number of thiophene rings is 1. The van der Waals surface area contributed by atoms with Crippen molar-refractivity contribution in [1.29, 1.82) is 0 Å². The molecule has 0 aliphatic carbocycles. The molecular formula is C10H16BrNOS2. The summed E-state index contributed by atoms with van der Waals surface area (Å²) in [5, 5.41) is 2.11. The molecule has 0 unspecified atom stereocenters. The highest BCUT2D eigenvalue weighted by Crippen LogP contribution is 2.20. The van der Waals surface area contributed by atoms with E-state index in [1.807, 2.05) is 0 Å². The summed E-state index contributed by atoms with van der Waals surface area (Å²) < 4.78 is 6.54. The average Bonchev–Trinajstić information content (AvgIpc) is 2.59. The van der Waals surface area contributed by atoms with Crippen molar-refractivity contribution in [3.8, 4) is 0 Å². The standard InChI is InChI=1S/C10H16BrNOS2/c1-12(2-3-13-4-5-14)7-10-6-9(11)8-15-10/h6,8,14H,2-5,7H2,1H3. The molecule has 0 bridgehead atoms. The SMILES string of the molecule is CN(CCOCCS)Cc1cc(Br)cs1. The van der Waals surface area contributed by atoms with Crippen LogP contribution in [0.3, 0.4) is 0 Å². The maximum absolute atomic E-state index is 5.37. The van der Waals surface area contributed by atoms with Gasteiger partial charge in [-0.1, -0.05) is 0 Å². The van der Waals surface area contributed by atoms with Gasteiger partial charge in [-0.15, -0.1) is 11.3 Å². The van der Waals surface area contributed by atoms with Crippen LogP contribution in [0.5, 0.6) is 0 Å². The summed E-state index contributed by atoms with van der Waals surface area (Å²) in [5.74, 6) is 0.793.